The highest BCUT2D eigenvalue weighted by molar-refractivity contribution is 5.85. The van der Waals surface area contributed by atoms with Crippen LogP contribution >= 0.6 is 24.8 Å². The normalized spacial score (nSPS) is 19.4. The lowest BCUT2D eigenvalue weighted by atomic mass is 10.0. The molecule has 2 rings (SSSR count). The number of likely N-dealkylation sites (tertiary alicyclic amines) is 1. The van der Waals surface area contributed by atoms with Gasteiger partial charge < -0.3 is 11.1 Å². The van der Waals surface area contributed by atoms with Gasteiger partial charge in [-0.2, -0.15) is 0 Å². The molecule has 0 bridgehead atoms. The van der Waals surface area contributed by atoms with Crippen molar-refractivity contribution in [2.75, 3.05) is 13.1 Å². The van der Waals surface area contributed by atoms with Crippen molar-refractivity contribution < 1.29 is 4.79 Å². The first-order valence-corrected chi connectivity index (χ1v) is 7.88. The predicted molar refractivity (Wildman–Crippen MR) is 100 cm³/mol. The number of piperidine rings is 1. The summed E-state index contributed by atoms with van der Waals surface area (Å²) in [5.41, 5.74) is 7.23. The summed E-state index contributed by atoms with van der Waals surface area (Å²) in [4.78, 5) is 14.5. The van der Waals surface area contributed by atoms with Crippen molar-refractivity contribution in [2.45, 2.75) is 45.3 Å². The van der Waals surface area contributed by atoms with Crippen LogP contribution in [0.25, 0.3) is 0 Å². The van der Waals surface area contributed by atoms with Crippen molar-refractivity contribution in [1.29, 1.82) is 0 Å². The lowest BCUT2D eigenvalue weighted by molar-refractivity contribution is -0.124. The summed E-state index contributed by atoms with van der Waals surface area (Å²) in [7, 11) is 0. The fourth-order valence-electron chi connectivity index (χ4n) is 2.76. The van der Waals surface area contributed by atoms with Gasteiger partial charge >= 0.3 is 0 Å². The SMILES string of the molecule is CC(C)C(N)C(=O)NC1CCCN(Cc2ccccc2)C1.Cl.Cl. The van der Waals surface area contributed by atoms with Crippen LogP contribution in [-0.2, 0) is 11.3 Å². The van der Waals surface area contributed by atoms with E-state index in [1.165, 1.54) is 5.56 Å². The molecule has 0 aromatic heterocycles. The van der Waals surface area contributed by atoms with Crippen LogP contribution in [-0.4, -0.2) is 36.0 Å². The number of amides is 1. The maximum Gasteiger partial charge on any atom is 0.237 e. The van der Waals surface area contributed by atoms with Crippen LogP contribution < -0.4 is 11.1 Å². The Morgan fingerprint density at radius 1 is 1.30 bits per heavy atom. The maximum absolute atomic E-state index is 12.1. The molecule has 0 spiro atoms. The zero-order valence-electron chi connectivity index (χ0n) is 13.9. The van der Waals surface area contributed by atoms with Crippen molar-refractivity contribution in [3.8, 4) is 0 Å². The second kappa shape index (κ2) is 10.9. The van der Waals surface area contributed by atoms with Crippen LogP contribution in [0.15, 0.2) is 30.3 Å². The molecule has 0 aliphatic carbocycles. The largest absolute Gasteiger partial charge is 0.351 e. The Morgan fingerprint density at radius 3 is 2.57 bits per heavy atom. The van der Waals surface area contributed by atoms with Gasteiger partial charge in [0.1, 0.15) is 0 Å². The molecular weight excluding hydrogens is 333 g/mol. The number of carbonyl (C=O) groups excluding carboxylic acids is 1. The van der Waals surface area contributed by atoms with Crippen LogP contribution in [0, 0.1) is 5.92 Å². The molecule has 3 N–H and O–H groups in total. The Morgan fingerprint density at radius 2 is 1.96 bits per heavy atom. The van der Waals surface area contributed by atoms with E-state index in [0.29, 0.717) is 0 Å². The molecule has 2 atom stereocenters. The van der Waals surface area contributed by atoms with Gasteiger partial charge in [0.05, 0.1) is 6.04 Å². The Balaban J connectivity index is 0.00000242. The van der Waals surface area contributed by atoms with Gasteiger partial charge in [0, 0.05) is 19.1 Å². The maximum atomic E-state index is 12.1. The number of nitrogens with zero attached hydrogens (tertiary/aromatic N) is 1. The van der Waals surface area contributed by atoms with Gasteiger partial charge in [-0.1, -0.05) is 44.2 Å². The number of halogens is 2. The first-order valence-electron chi connectivity index (χ1n) is 7.88. The van der Waals surface area contributed by atoms with Crippen LogP contribution in [0.1, 0.15) is 32.3 Å². The highest BCUT2D eigenvalue weighted by atomic mass is 35.5. The highest BCUT2D eigenvalue weighted by Crippen LogP contribution is 2.14. The van der Waals surface area contributed by atoms with E-state index in [9.17, 15) is 4.79 Å². The van der Waals surface area contributed by atoms with Crippen molar-refractivity contribution in [2.24, 2.45) is 11.7 Å². The summed E-state index contributed by atoms with van der Waals surface area (Å²) in [5, 5.41) is 3.11. The molecule has 1 saturated heterocycles. The van der Waals surface area contributed by atoms with Crippen molar-refractivity contribution >= 4 is 30.7 Å². The summed E-state index contributed by atoms with van der Waals surface area (Å²) in [6.07, 6.45) is 2.16. The molecule has 0 radical (unpaired) electrons. The Kier molecular flexibility index (Phi) is 10.5. The van der Waals surface area contributed by atoms with Crippen molar-refractivity contribution in [3.63, 3.8) is 0 Å². The van der Waals surface area contributed by atoms with Gasteiger partial charge in [-0.3, -0.25) is 9.69 Å². The zero-order chi connectivity index (χ0) is 15.2. The molecule has 1 aliphatic heterocycles. The summed E-state index contributed by atoms with van der Waals surface area (Å²) in [5.74, 6) is 0.158. The van der Waals surface area contributed by atoms with Gasteiger partial charge in [-0.05, 0) is 30.9 Å². The van der Waals surface area contributed by atoms with Crippen molar-refractivity contribution in [1.82, 2.24) is 10.2 Å². The summed E-state index contributed by atoms with van der Waals surface area (Å²) in [6.45, 7) is 6.91. The summed E-state index contributed by atoms with van der Waals surface area (Å²) in [6, 6.07) is 10.3. The van der Waals surface area contributed by atoms with E-state index in [4.69, 9.17) is 5.73 Å². The Bertz CT molecular complexity index is 456. The van der Waals surface area contributed by atoms with Crippen LogP contribution in [0.2, 0.25) is 0 Å². The molecule has 0 saturated carbocycles. The second-order valence-corrected chi connectivity index (χ2v) is 6.34. The van der Waals surface area contributed by atoms with E-state index in [0.717, 1.165) is 32.5 Å². The summed E-state index contributed by atoms with van der Waals surface area (Å²) < 4.78 is 0. The van der Waals surface area contributed by atoms with E-state index in [1.54, 1.807) is 0 Å². The van der Waals surface area contributed by atoms with Crippen molar-refractivity contribution in [3.05, 3.63) is 35.9 Å². The van der Waals surface area contributed by atoms with Gasteiger partial charge in [0.25, 0.3) is 0 Å². The smallest absolute Gasteiger partial charge is 0.237 e. The number of hydrogen-bond donors (Lipinski definition) is 2. The quantitative estimate of drug-likeness (QED) is 0.847. The molecule has 1 heterocycles. The topological polar surface area (TPSA) is 58.4 Å². The fourth-order valence-corrected chi connectivity index (χ4v) is 2.76. The molecule has 6 heteroatoms. The molecule has 132 valence electrons. The first-order chi connectivity index (χ1) is 10.1. The molecule has 1 fully saturated rings. The number of benzene rings is 1. The van der Waals surface area contributed by atoms with E-state index in [2.05, 4.69) is 34.5 Å². The minimum atomic E-state index is -0.408. The minimum Gasteiger partial charge on any atom is -0.351 e. The van der Waals surface area contributed by atoms with Gasteiger partial charge in [0.15, 0.2) is 0 Å². The monoisotopic (exact) mass is 361 g/mol. The summed E-state index contributed by atoms with van der Waals surface area (Å²) >= 11 is 0. The number of nitrogens with two attached hydrogens (primary N) is 1. The minimum absolute atomic E-state index is 0. The van der Waals surface area contributed by atoms with Gasteiger partial charge in [-0.25, -0.2) is 0 Å². The average Bonchev–Trinajstić information content (AvgIpc) is 2.47. The molecular formula is C17H29Cl2N3O. The molecule has 23 heavy (non-hydrogen) atoms. The van der Waals surface area contributed by atoms with Crippen LogP contribution in [0.5, 0.6) is 0 Å². The molecule has 1 aromatic rings. The number of nitrogens with one attached hydrogen (secondary N) is 1. The third-order valence-corrected chi connectivity index (χ3v) is 4.12. The third kappa shape index (κ3) is 7.08. The lowest BCUT2D eigenvalue weighted by Gasteiger charge is -2.34. The van der Waals surface area contributed by atoms with E-state index in [-0.39, 0.29) is 42.7 Å². The van der Waals surface area contributed by atoms with Gasteiger partial charge in [0.2, 0.25) is 5.91 Å². The lowest BCUT2D eigenvalue weighted by Crippen LogP contribution is -2.52. The predicted octanol–water partition coefficient (Wildman–Crippen LogP) is 2.59. The standard InChI is InChI=1S/C17H27N3O.2ClH/c1-13(2)16(18)17(21)19-15-9-6-10-20(12-15)11-14-7-4-3-5-8-14;;/h3-5,7-8,13,15-16H,6,9-12,18H2,1-2H3,(H,19,21);2*1H. The van der Waals surface area contributed by atoms with Crippen LogP contribution in [0.3, 0.4) is 0 Å². The highest BCUT2D eigenvalue weighted by Gasteiger charge is 2.24. The Hall–Kier alpha value is -0.810. The molecule has 1 aromatic carbocycles. The Labute approximate surface area is 152 Å². The molecule has 1 amide bonds. The van der Waals surface area contributed by atoms with Gasteiger partial charge in [-0.15, -0.1) is 24.8 Å². The fraction of sp³-hybridized carbons (Fsp3) is 0.588. The van der Waals surface area contributed by atoms with E-state index < -0.39 is 6.04 Å². The number of carbonyl (C=O) groups is 1. The average molecular weight is 362 g/mol. The van der Waals surface area contributed by atoms with E-state index in [1.807, 2.05) is 19.9 Å². The molecule has 2 unspecified atom stereocenters. The third-order valence-electron chi connectivity index (χ3n) is 4.12. The second-order valence-electron chi connectivity index (χ2n) is 6.34. The first kappa shape index (κ1) is 22.2. The van der Waals surface area contributed by atoms with Crippen LogP contribution in [0.4, 0.5) is 0 Å². The number of rotatable bonds is 5. The molecule has 1 aliphatic rings. The zero-order valence-corrected chi connectivity index (χ0v) is 15.5. The number of hydrogen-bond acceptors (Lipinski definition) is 3. The van der Waals surface area contributed by atoms with E-state index >= 15 is 0 Å². The molecule has 4 nitrogen and oxygen atoms in total.